The molecular weight excluding hydrogens is 290 g/mol. The maximum atomic E-state index is 6.19. The molecule has 1 aromatic heterocycles. The van der Waals surface area contributed by atoms with Gasteiger partial charge in [-0.3, -0.25) is 4.90 Å². The molecule has 0 fully saturated rings. The van der Waals surface area contributed by atoms with Gasteiger partial charge in [0.1, 0.15) is 11.4 Å². The fourth-order valence-electron chi connectivity index (χ4n) is 2.98. The van der Waals surface area contributed by atoms with E-state index in [1.807, 2.05) is 25.3 Å². The third-order valence-corrected chi connectivity index (χ3v) is 3.99. The van der Waals surface area contributed by atoms with Gasteiger partial charge >= 0.3 is 6.01 Å². The van der Waals surface area contributed by atoms with Crippen LogP contribution in [0.5, 0.6) is 11.8 Å². The number of fused-ring (bicyclic) bond motifs is 1. The lowest BCUT2D eigenvalue weighted by molar-refractivity contribution is 0.0681. The van der Waals surface area contributed by atoms with Gasteiger partial charge in [0.05, 0.1) is 7.11 Å². The largest absolute Gasteiger partial charge is 0.486 e. The van der Waals surface area contributed by atoms with Crippen LogP contribution in [-0.2, 0) is 13.1 Å². The monoisotopic (exact) mass is 313 g/mol. The second-order valence-electron chi connectivity index (χ2n) is 6.58. The van der Waals surface area contributed by atoms with Crippen LogP contribution in [0, 0.1) is 6.92 Å². The van der Waals surface area contributed by atoms with Crippen LogP contribution in [0.1, 0.15) is 30.7 Å². The van der Waals surface area contributed by atoms with Crippen LogP contribution >= 0.6 is 0 Å². The van der Waals surface area contributed by atoms with Gasteiger partial charge in [-0.25, -0.2) is 9.97 Å². The molecule has 0 radical (unpaired) electrons. The Kier molecular flexibility index (Phi) is 4.22. The highest BCUT2D eigenvalue weighted by atomic mass is 16.5. The van der Waals surface area contributed by atoms with Crippen molar-refractivity contribution >= 4 is 0 Å². The summed E-state index contributed by atoms with van der Waals surface area (Å²) in [5.74, 6) is 0.975. The smallest absolute Gasteiger partial charge is 0.316 e. The predicted molar refractivity (Wildman–Crippen MR) is 88.6 cm³/mol. The van der Waals surface area contributed by atoms with Crippen LogP contribution in [0.2, 0.25) is 0 Å². The van der Waals surface area contributed by atoms with E-state index in [-0.39, 0.29) is 5.60 Å². The van der Waals surface area contributed by atoms with Crippen molar-refractivity contribution in [3.8, 4) is 11.8 Å². The average Bonchev–Trinajstić information content (AvgIpc) is 2.63. The zero-order chi connectivity index (χ0) is 16.4. The van der Waals surface area contributed by atoms with Gasteiger partial charge in [-0.1, -0.05) is 18.2 Å². The van der Waals surface area contributed by atoms with Gasteiger partial charge in [0, 0.05) is 42.7 Å². The van der Waals surface area contributed by atoms with Gasteiger partial charge in [-0.15, -0.1) is 0 Å². The Hall–Kier alpha value is -2.14. The van der Waals surface area contributed by atoms with E-state index >= 15 is 0 Å². The number of methoxy groups -OCH3 is 1. The van der Waals surface area contributed by atoms with Crippen molar-refractivity contribution in [1.82, 2.24) is 14.9 Å². The Morgan fingerprint density at radius 2 is 2.09 bits per heavy atom. The molecule has 1 aliphatic heterocycles. The third-order valence-electron chi connectivity index (χ3n) is 3.99. The fourth-order valence-corrected chi connectivity index (χ4v) is 2.98. The summed E-state index contributed by atoms with van der Waals surface area (Å²) in [6.07, 6.45) is 1.85. The van der Waals surface area contributed by atoms with Crippen molar-refractivity contribution in [2.24, 2.45) is 0 Å². The van der Waals surface area contributed by atoms with E-state index in [2.05, 4.69) is 40.8 Å². The first-order valence-corrected chi connectivity index (χ1v) is 7.83. The quantitative estimate of drug-likeness (QED) is 0.872. The van der Waals surface area contributed by atoms with E-state index in [1.54, 1.807) is 7.11 Å². The minimum atomic E-state index is -0.242. The van der Waals surface area contributed by atoms with E-state index < -0.39 is 0 Å². The van der Waals surface area contributed by atoms with Crippen LogP contribution in [0.15, 0.2) is 30.5 Å². The molecule has 122 valence electrons. The molecule has 0 amide bonds. The maximum absolute atomic E-state index is 6.19. The Morgan fingerprint density at radius 1 is 1.30 bits per heavy atom. The van der Waals surface area contributed by atoms with Crippen molar-refractivity contribution in [2.45, 2.75) is 39.5 Å². The van der Waals surface area contributed by atoms with Crippen LogP contribution in [0.25, 0.3) is 0 Å². The summed E-state index contributed by atoms with van der Waals surface area (Å²) in [6.45, 7) is 8.72. The maximum Gasteiger partial charge on any atom is 0.316 e. The average molecular weight is 313 g/mol. The van der Waals surface area contributed by atoms with E-state index in [9.17, 15) is 0 Å². The number of para-hydroxylation sites is 1. The molecule has 0 aliphatic carbocycles. The second-order valence-corrected chi connectivity index (χ2v) is 6.58. The standard InChI is InChI=1S/C18H23N3O2/c1-13-15(9-19-17(20-13)22-4)11-21-10-14-7-5-6-8-16(14)23-18(2,3)12-21/h5-9H,10-12H2,1-4H3. The lowest BCUT2D eigenvalue weighted by atomic mass is 10.1. The predicted octanol–water partition coefficient (Wildman–Crippen LogP) is 2.97. The first kappa shape index (κ1) is 15.7. The molecule has 0 bridgehead atoms. The molecule has 1 aliphatic rings. The molecule has 5 nitrogen and oxygen atoms in total. The van der Waals surface area contributed by atoms with Crippen LogP contribution in [-0.4, -0.2) is 34.1 Å². The van der Waals surface area contributed by atoms with Gasteiger partial charge < -0.3 is 9.47 Å². The molecule has 0 unspecified atom stereocenters. The number of ether oxygens (including phenoxy) is 2. The summed E-state index contributed by atoms with van der Waals surface area (Å²) in [5, 5.41) is 0. The van der Waals surface area contributed by atoms with Crippen molar-refractivity contribution < 1.29 is 9.47 Å². The highest BCUT2D eigenvalue weighted by Crippen LogP contribution is 2.30. The molecule has 2 heterocycles. The second kappa shape index (κ2) is 6.16. The van der Waals surface area contributed by atoms with Crippen molar-refractivity contribution in [1.29, 1.82) is 0 Å². The first-order valence-electron chi connectivity index (χ1n) is 7.83. The first-order chi connectivity index (χ1) is 11.0. The molecule has 23 heavy (non-hydrogen) atoms. The Morgan fingerprint density at radius 3 is 2.83 bits per heavy atom. The zero-order valence-electron chi connectivity index (χ0n) is 14.2. The van der Waals surface area contributed by atoms with Crippen LogP contribution in [0.3, 0.4) is 0 Å². The molecule has 0 atom stereocenters. The van der Waals surface area contributed by atoms with E-state index in [0.29, 0.717) is 6.01 Å². The van der Waals surface area contributed by atoms with Crippen LogP contribution < -0.4 is 9.47 Å². The summed E-state index contributed by atoms with van der Waals surface area (Å²) in [6, 6.07) is 8.66. The molecule has 0 N–H and O–H groups in total. The molecule has 5 heteroatoms. The van der Waals surface area contributed by atoms with E-state index in [1.165, 1.54) is 5.56 Å². The lowest BCUT2D eigenvalue weighted by Crippen LogP contribution is -2.40. The molecule has 0 saturated carbocycles. The van der Waals surface area contributed by atoms with Gasteiger partial charge in [-0.05, 0) is 26.8 Å². The highest BCUT2D eigenvalue weighted by Gasteiger charge is 2.29. The van der Waals surface area contributed by atoms with Crippen molar-refractivity contribution in [3.63, 3.8) is 0 Å². The summed E-state index contributed by atoms with van der Waals surface area (Å²) >= 11 is 0. The molecule has 3 rings (SSSR count). The fraction of sp³-hybridized carbons (Fsp3) is 0.444. The summed E-state index contributed by atoms with van der Waals surface area (Å²) < 4.78 is 11.3. The van der Waals surface area contributed by atoms with Gasteiger partial charge in [-0.2, -0.15) is 0 Å². The zero-order valence-corrected chi connectivity index (χ0v) is 14.2. The normalized spacial score (nSPS) is 17.0. The van der Waals surface area contributed by atoms with Crippen molar-refractivity contribution in [3.05, 3.63) is 47.3 Å². The minimum absolute atomic E-state index is 0.242. The Bertz CT molecular complexity index is 700. The van der Waals surface area contributed by atoms with Gasteiger partial charge in [0.25, 0.3) is 0 Å². The summed E-state index contributed by atoms with van der Waals surface area (Å²) in [5.41, 5.74) is 3.03. The number of nitrogens with zero attached hydrogens (tertiary/aromatic N) is 3. The number of rotatable bonds is 3. The summed E-state index contributed by atoms with van der Waals surface area (Å²) in [7, 11) is 1.58. The molecule has 0 saturated heterocycles. The Labute approximate surface area is 137 Å². The van der Waals surface area contributed by atoms with E-state index in [0.717, 1.165) is 36.6 Å². The topological polar surface area (TPSA) is 47.5 Å². The third kappa shape index (κ3) is 3.62. The lowest BCUT2D eigenvalue weighted by Gasteiger charge is -2.29. The molecule has 0 spiro atoms. The number of hydrogen-bond acceptors (Lipinski definition) is 5. The number of aryl methyl sites for hydroxylation is 1. The SMILES string of the molecule is COc1ncc(CN2Cc3ccccc3OC(C)(C)C2)c(C)n1. The highest BCUT2D eigenvalue weighted by molar-refractivity contribution is 5.35. The van der Waals surface area contributed by atoms with Crippen LogP contribution in [0.4, 0.5) is 0 Å². The Balaban J connectivity index is 1.85. The van der Waals surface area contributed by atoms with E-state index in [4.69, 9.17) is 9.47 Å². The number of benzene rings is 1. The van der Waals surface area contributed by atoms with Crippen molar-refractivity contribution in [2.75, 3.05) is 13.7 Å². The molecule has 2 aromatic rings. The van der Waals surface area contributed by atoms with Gasteiger partial charge in [0.2, 0.25) is 0 Å². The molecule has 1 aromatic carbocycles. The number of aromatic nitrogens is 2. The van der Waals surface area contributed by atoms with Gasteiger partial charge in [0.15, 0.2) is 0 Å². The minimum Gasteiger partial charge on any atom is -0.486 e. The number of hydrogen-bond donors (Lipinski definition) is 0. The summed E-state index contributed by atoms with van der Waals surface area (Å²) in [4.78, 5) is 11.0. The molecular formula is C18H23N3O2.